The maximum absolute atomic E-state index is 13.5. The van der Waals surface area contributed by atoms with E-state index in [9.17, 15) is 9.18 Å². The highest BCUT2D eigenvalue weighted by atomic mass is 19.1. The number of para-hydroxylation sites is 1. The molecule has 1 aromatic rings. The fourth-order valence-corrected chi connectivity index (χ4v) is 1.52. The molecule has 0 atom stereocenters. The van der Waals surface area contributed by atoms with Crippen molar-refractivity contribution in [1.29, 1.82) is 0 Å². The molecule has 106 valence electrons. The van der Waals surface area contributed by atoms with Crippen LogP contribution in [0.4, 0.5) is 14.9 Å². The lowest BCUT2D eigenvalue weighted by molar-refractivity contribution is 0.0530. The zero-order valence-electron chi connectivity index (χ0n) is 11.8. The van der Waals surface area contributed by atoms with Gasteiger partial charge in [-0.2, -0.15) is 0 Å². The minimum Gasteiger partial charge on any atom is -0.444 e. The molecule has 1 rings (SSSR count). The summed E-state index contributed by atoms with van der Waals surface area (Å²) in [4.78, 5) is 11.4. The molecule has 0 radical (unpaired) electrons. The summed E-state index contributed by atoms with van der Waals surface area (Å²) in [5.74, 6) is -0.294. The molecular weight excluding hydrogens is 247 g/mol. The summed E-state index contributed by atoms with van der Waals surface area (Å²) in [6, 6.07) is 4.89. The summed E-state index contributed by atoms with van der Waals surface area (Å²) < 4.78 is 18.6. The molecule has 0 aliphatic rings. The molecule has 0 saturated carbocycles. The molecule has 0 aliphatic carbocycles. The quantitative estimate of drug-likeness (QED) is 0.825. The van der Waals surface area contributed by atoms with Gasteiger partial charge in [0.1, 0.15) is 11.4 Å². The fourth-order valence-electron chi connectivity index (χ4n) is 1.52. The Bertz CT molecular complexity index is 421. The normalized spacial score (nSPS) is 11.0. The third kappa shape index (κ3) is 5.59. The first kappa shape index (κ1) is 15.3. The lowest BCUT2D eigenvalue weighted by atomic mass is 10.2. The summed E-state index contributed by atoms with van der Waals surface area (Å²) in [6.45, 7) is 8.02. The molecular formula is C14H21FN2O2. The van der Waals surface area contributed by atoms with Crippen LogP contribution in [0.5, 0.6) is 0 Å². The van der Waals surface area contributed by atoms with Gasteiger partial charge in [0.05, 0.1) is 5.69 Å². The number of rotatable bonds is 4. The fraction of sp³-hybridized carbons (Fsp3) is 0.500. The first-order chi connectivity index (χ1) is 8.79. The van der Waals surface area contributed by atoms with Gasteiger partial charge in [0, 0.05) is 13.1 Å². The predicted octanol–water partition coefficient (Wildman–Crippen LogP) is 3.07. The lowest BCUT2D eigenvalue weighted by Crippen LogP contribution is -2.35. The SMILES string of the molecule is Cc1cccc(F)c1NCCNC(=O)OC(C)(C)C. The number of hydrogen-bond donors (Lipinski definition) is 2. The van der Waals surface area contributed by atoms with Gasteiger partial charge in [-0.05, 0) is 39.3 Å². The van der Waals surface area contributed by atoms with Crippen LogP contribution in [0.2, 0.25) is 0 Å². The Morgan fingerprint density at radius 2 is 2.00 bits per heavy atom. The number of amides is 1. The zero-order valence-corrected chi connectivity index (χ0v) is 11.8. The van der Waals surface area contributed by atoms with Gasteiger partial charge >= 0.3 is 6.09 Å². The van der Waals surface area contributed by atoms with E-state index in [4.69, 9.17) is 4.74 Å². The first-order valence-corrected chi connectivity index (χ1v) is 6.25. The molecule has 0 aliphatic heterocycles. The Hall–Kier alpha value is -1.78. The van der Waals surface area contributed by atoms with E-state index >= 15 is 0 Å². The van der Waals surface area contributed by atoms with Gasteiger partial charge < -0.3 is 15.4 Å². The second kappa shape index (κ2) is 6.41. The lowest BCUT2D eigenvalue weighted by Gasteiger charge is -2.19. The largest absolute Gasteiger partial charge is 0.444 e. The smallest absolute Gasteiger partial charge is 0.407 e. The maximum atomic E-state index is 13.5. The number of carbonyl (C=O) groups is 1. The van der Waals surface area contributed by atoms with Crippen LogP contribution in [0.15, 0.2) is 18.2 Å². The van der Waals surface area contributed by atoms with Crippen LogP contribution in [0.3, 0.4) is 0 Å². The monoisotopic (exact) mass is 268 g/mol. The van der Waals surface area contributed by atoms with E-state index in [1.54, 1.807) is 26.8 Å². The first-order valence-electron chi connectivity index (χ1n) is 6.25. The highest BCUT2D eigenvalue weighted by Gasteiger charge is 2.15. The molecule has 4 nitrogen and oxygen atoms in total. The summed E-state index contributed by atoms with van der Waals surface area (Å²) in [6.07, 6.45) is -0.473. The minimum absolute atomic E-state index is 0.294. The number of carbonyl (C=O) groups excluding carboxylic acids is 1. The van der Waals surface area contributed by atoms with Crippen LogP contribution in [0.1, 0.15) is 26.3 Å². The Labute approximate surface area is 113 Å². The molecule has 0 unspecified atom stereocenters. The van der Waals surface area contributed by atoms with Gasteiger partial charge in [-0.15, -0.1) is 0 Å². The molecule has 0 spiro atoms. The standard InChI is InChI=1S/C14H21FN2O2/c1-10-6-5-7-11(15)12(10)16-8-9-17-13(18)19-14(2,3)4/h5-7,16H,8-9H2,1-4H3,(H,17,18). The van der Waals surface area contributed by atoms with Crippen molar-refractivity contribution in [3.05, 3.63) is 29.6 Å². The molecule has 0 heterocycles. The van der Waals surface area contributed by atoms with E-state index in [0.29, 0.717) is 18.8 Å². The van der Waals surface area contributed by atoms with Crippen molar-refractivity contribution in [3.63, 3.8) is 0 Å². The summed E-state index contributed by atoms with van der Waals surface area (Å²) in [7, 11) is 0. The van der Waals surface area contributed by atoms with Crippen LogP contribution in [0, 0.1) is 12.7 Å². The number of anilines is 1. The molecule has 0 aromatic heterocycles. The van der Waals surface area contributed by atoms with Crippen LogP contribution in [-0.2, 0) is 4.74 Å². The Morgan fingerprint density at radius 3 is 2.58 bits per heavy atom. The molecule has 5 heteroatoms. The Kier molecular flexibility index (Phi) is 5.15. The molecule has 1 amide bonds. The average Bonchev–Trinajstić information content (AvgIpc) is 2.25. The van der Waals surface area contributed by atoms with E-state index in [1.165, 1.54) is 6.07 Å². The van der Waals surface area contributed by atoms with Crippen molar-refractivity contribution < 1.29 is 13.9 Å². The van der Waals surface area contributed by atoms with Gasteiger partial charge in [-0.1, -0.05) is 12.1 Å². The van der Waals surface area contributed by atoms with E-state index in [1.807, 2.05) is 13.0 Å². The number of aryl methyl sites for hydroxylation is 1. The van der Waals surface area contributed by atoms with Crippen molar-refractivity contribution in [1.82, 2.24) is 5.32 Å². The summed E-state index contributed by atoms with van der Waals surface area (Å²) in [5, 5.41) is 5.56. The number of benzene rings is 1. The molecule has 2 N–H and O–H groups in total. The predicted molar refractivity (Wildman–Crippen MR) is 73.9 cm³/mol. The van der Waals surface area contributed by atoms with E-state index in [-0.39, 0.29) is 5.82 Å². The van der Waals surface area contributed by atoms with Gasteiger partial charge in [0.25, 0.3) is 0 Å². The Morgan fingerprint density at radius 1 is 1.32 bits per heavy atom. The highest BCUT2D eigenvalue weighted by molar-refractivity contribution is 5.67. The summed E-state index contributed by atoms with van der Waals surface area (Å²) in [5.41, 5.74) is 0.783. The van der Waals surface area contributed by atoms with Crippen molar-refractivity contribution >= 4 is 11.8 Å². The average molecular weight is 268 g/mol. The van der Waals surface area contributed by atoms with Crippen LogP contribution in [0.25, 0.3) is 0 Å². The van der Waals surface area contributed by atoms with Crippen LogP contribution >= 0.6 is 0 Å². The third-order valence-electron chi connectivity index (χ3n) is 2.32. The second-order valence-electron chi connectivity index (χ2n) is 5.29. The van der Waals surface area contributed by atoms with Gasteiger partial charge in [-0.25, -0.2) is 9.18 Å². The number of alkyl carbamates (subject to hydrolysis) is 1. The number of ether oxygens (including phenoxy) is 1. The number of halogens is 1. The van der Waals surface area contributed by atoms with Gasteiger partial charge in [-0.3, -0.25) is 0 Å². The van der Waals surface area contributed by atoms with Crippen LogP contribution in [-0.4, -0.2) is 24.8 Å². The van der Waals surface area contributed by atoms with Crippen molar-refractivity contribution in [2.24, 2.45) is 0 Å². The van der Waals surface area contributed by atoms with Crippen molar-refractivity contribution in [3.8, 4) is 0 Å². The minimum atomic E-state index is -0.514. The number of nitrogens with one attached hydrogen (secondary N) is 2. The molecule has 0 bridgehead atoms. The van der Waals surface area contributed by atoms with Gasteiger partial charge in [0.2, 0.25) is 0 Å². The third-order valence-corrected chi connectivity index (χ3v) is 2.32. The second-order valence-corrected chi connectivity index (χ2v) is 5.29. The molecule has 1 aromatic carbocycles. The Balaban J connectivity index is 2.34. The van der Waals surface area contributed by atoms with Crippen molar-refractivity contribution in [2.45, 2.75) is 33.3 Å². The van der Waals surface area contributed by atoms with E-state index in [0.717, 1.165) is 5.56 Å². The van der Waals surface area contributed by atoms with Crippen LogP contribution < -0.4 is 10.6 Å². The maximum Gasteiger partial charge on any atom is 0.407 e. The highest BCUT2D eigenvalue weighted by Crippen LogP contribution is 2.17. The summed E-state index contributed by atoms with van der Waals surface area (Å²) >= 11 is 0. The van der Waals surface area contributed by atoms with Gasteiger partial charge in [0.15, 0.2) is 0 Å². The van der Waals surface area contributed by atoms with Crippen molar-refractivity contribution in [2.75, 3.05) is 18.4 Å². The molecule has 0 saturated heterocycles. The van der Waals surface area contributed by atoms with E-state index < -0.39 is 11.7 Å². The molecule has 0 fully saturated rings. The van der Waals surface area contributed by atoms with E-state index in [2.05, 4.69) is 10.6 Å². The molecule has 19 heavy (non-hydrogen) atoms. The zero-order chi connectivity index (χ0) is 14.5. The topological polar surface area (TPSA) is 50.4 Å². The number of hydrogen-bond acceptors (Lipinski definition) is 3.